The summed E-state index contributed by atoms with van der Waals surface area (Å²) in [7, 11) is -1.17. The zero-order chi connectivity index (χ0) is 18.5. The first-order valence-electron chi connectivity index (χ1n) is 8.24. The molecule has 26 heavy (non-hydrogen) atoms. The van der Waals surface area contributed by atoms with E-state index in [0.717, 1.165) is 10.5 Å². The first-order valence-corrected chi connectivity index (χ1v) is 9.56. The number of nitrogens with one attached hydrogen (secondary N) is 1. The van der Waals surface area contributed by atoms with E-state index in [2.05, 4.69) is 5.32 Å². The van der Waals surface area contributed by atoms with Gasteiger partial charge in [0.2, 0.25) is 0 Å². The summed E-state index contributed by atoms with van der Waals surface area (Å²) in [6.07, 6.45) is -0.993. The van der Waals surface area contributed by atoms with Gasteiger partial charge >= 0.3 is 5.97 Å². The van der Waals surface area contributed by atoms with Crippen LogP contribution in [-0.2, 0) is 30.9 Å². The molecule has 1 fully saturated rings. The number of anilines is 1. The topological polar surface area (TPSA) is 92.7 Å². The first kappa shape index (κ1) is 18.3. The molecule has 0 spiro atoms. The Morgan fingerprint density at radius 2 is 1.81 bits per heavy atom. The number of aliphatic carboxylic acids is 1. The molecule has 3 atom stereocenters. The summed E-state index contributed by atoms with van der Waals surface area (Å²) in [6.45, 7) is 0. The molecular formula is C19H19NO5S. The quantitative estimate of drug-likeness (QED) is 0.812. The zero-order valence-electron chi connectivity index (χ0n) is 14.0. The van der Waals surface area contributed by atoms with Gasteiger partial charge in [-0.2, -0.15) is 0 Å². The zero-order valence-corrected chi connectivity index (χ0v) is 14.8. The maximum absolute atomic E-state index is 12.4. The van der Waals surface area contributed by atoms with Gasteiger partial charge in [0, 0.05) is 10.6 Å². The van der Waals surface area contributed by atoms with E-state index in [1.165, 1.54) is 0 Å². The number of hydrogen-bond acceptors (Lipinski definition) is 4. The van der Waals surface area contributed by atoms with Gasteiger partial charge in [0.25, 0.3) is 5.91 Å². The molecule has 1 aliphatic rings. The van der Waals surface area contributed by atoms with Crippen LogP contribution in [0.15, 0.2) is 59.5 Å². The number of carbonyl (C=O) groups excluding carboxylic acids is 1. The second-order valence-corrected chi connectivity index (χ2v) is 7.47. The van der Waals surface area contributed by atoms with Gasteiger partial charge in [-0.15, -0.1) is 0 Å². The molecule has 3 rings (SSSR count). The minimum atomic E-state index is -1.17. The molecule has 7 heteroatoms. The third-order valence-corrected chi connectivity index (χ3v) is 5.48. The van der Waals surface area contributed by atoms with E-state index >= 15 is 0 Å². The van der Waals surface area contributed by atoms with Gasteiger partial charge in [-0.1, -0.05) is 30.3 Å². The third kappa shape index (κ3) is 4.56. The molecule has 0 aliphatic carbocycles. The van der Waals surface area contributed by atoms with E-state index in [1.54, 1.807) is 18.2 Å². The van der Waals surface area contributed by atoms with Crippen LogP contribution in [0.2, 0.25) is 0 Å². The fourth-order valence-electron chi connectivity index (χ4n) is 2.78. The lowest BCUT2D eigenvalue weighted by Gasteiger charge is -2.12. The number of ether oxygens (including phenoxy) is 1. The van der Waals surface area contributed by atoms with Crippen molar-refractivity contribution >= 4 is 28.4 Å². The molecule has 1 saturated heterocycles. The molecule has 2 aromatic carbocycles. The van der Waals surface area contributed by atoms with Gasteiger partial charge in [-0.25, -0.2) is 4.79 Å². The number of rotatable bonds is 6. The minimum absolute atomic E-state index is 0.323. The number of carboxylic acid groups (broad SMARTS) is 1. The molecule has 1 aliphatic heterocycles. The largest absolute Gasteiger partial charge is 0.479 e. The lowest BCUT2D eigenvalue weighted by molar-refractivity contribution is -0.150. The average Bonchev–Trinajstić information content (AvgIpc) is 3.13. The molecule has 1 amide bonds. The van der Waals surface area contributed by atoms with Gasteiger partial charge in [-0.05, 0) is 42.7 Å². The number of benzene rings is 2. The van der Waals surface area contributed by atoms with Crippen molar-refractivity contribution in [3.63, 3.8) is 0 Å². The van der Waals surface area contributed by atoms with Gasteiger partial charge < -0.3 is 15.2 Å². The number of amides is 1. The summed E-state index contributed by atoms with van der Waals surface area (Å²) in [6, 6.07) is 16.3. The van der Waals surface area contributed by atoms with E-state index in [1.807, 2.05) is 36.4 Å². The monoisotopic (exact) mass is 373 g/mol. The summed E-state index contributed by atoms with van der Waals surface area (Å²) in [5, 5.41) is 11.7. The van der Waals surface area contributed by atoms with Gasteiger partial charge in [0.1, 0.15) is 6.10 Å². The van der Waals surface area contributed by atoms with Crippen molar-refractivity contribution in [2.45, 2.75) is 35.7 Å². The molecule has 1 heterocycles. The van der Waals surface area contributed by atoms with Crippen LogP contribution >= 0.6 is 0 Å². The van der Waals surface area contributed by atoms with Crippen LogP contribution in [-0.4, -0.2) is 33.4 Å². The van der Waals surface area contributed by atoms with Crippen molar-refractivity contribution in [3.05, 3.63) is 60.2 Å². The Hall–Kier alpha value is -2.51. The molecule has 6 nitrogen and oxygen atoms in total. The molecule has 0 aromatic heterocycles. The highest BCUT2D eigenvalue weighted by Gasteiger charge is 2.34. The van der Waals surface area contributed by atoms with Crippen LogP contribution in [0.1, 0.15) is 18.4 Å². The molecule has 0 saturated carbocycles. The smallest absolute Gasteiger partial charge is 0.332 e. The lowest BCUT2D eigenvalue weighted by atomic mass is 10.1. The highest BCUT2D eigenvalue weighted by Crippen LogP contribution is 2.22. The van der Waals surface area contributed by atoms with Gasteiger partial charge in [0.15, 0.2) is 6.10 Å². The molecule has 1 unspecified atom stereocenters. The lowest BCUT2D eigenvalue weighted by Crippen LogP contribution is -2.29. The van der Waals surface area contributed by atoms with Crippen molar-refractivity contribution in [3.8, 4) is 0 Å². The summed E-state index contributed by atoms with van der Waals surface area (Å²) < 4.78 is 17.7. The molecule has 2 aromatic rings. The molecule has 0 radical (unpaired) electrons. The maximum atomic E-state index is 12.4. The summed E-state index contributed by atoms with van der Waals surface area (Å²) in [4.78, 5) is 23.9. The Kier molecular flexibility index (Phi) is 5.80. The Morgan fingerprint density at radius 3 is 2.50 bits per heavy atom. The molecular weight excluding hydrogens is 354 g/mol. The van der Waals surface area contributed by atoms with Crippen molar-refractivity contribution in [1.29, 1.82) is 0 Å². The third-order valence-electron chi connectivity index (χ3n) is 4.09. The highest BCUT2D eigenvalue weighted by atomic mass is 32.2. The molecule has 136 valence electrons. The van der Waals surface area contributed by atoms with Crippen LogP contribution in [0.4, 0.5) is 5.69 Å². The highest BCUT2D eigenvalue weighted by molar-refractivity contribution is 7.84. The molecule has 2 N–H and O–H groups in total. The number of hydrogen-bond donors (Lipinski definition) is 2. The Bertz CT molecular complexity index is 824. The van der Waals surface area contributed by atoms with Crippen LogP contribution < -0.4 is 5.32 Å². The fraction of sp³-hybridized carbons (Fsp3) is 0.263. The Labute approximate surface area is 153 Å². The summed E-state index contributed by atoms with van der Waals surface area (Å²) >= 11 is 0. The normalized spacial score (nSPS) is 20.5. The summed E-state index contributed by atoms with van der Waals surface area (Å²) in [5.41, 5.74) is 1.40. The Balaban J connectivity index is 1.62. The van der Waals surface area contributed by atoms with E-state index in [4.69, 9.17) is 9.84 Å². The van der Waals surface area contributed by atoms with Gasteiger partial charge in [0.05, 0.1) is 16.6 Å². The second-order valence-electron chi connectivity index (χ2n) is 6.02. The molecule has 0 bridgehead atoms. The number of carbonyl (C=O) groups is 2. The summed E-state index contributed by atoms with van der Waals surface area (Å²) in [5.74, 6) is -1.07. The first-order chi connectivity index (χ1) is 12.5. The predicted molar refractivity (Wildman–Crippen MR) is 97.2 cm³/mol. The average molecular weight is 373 g/mol. The van der Waals surface area contributed by atoms with E-state index in [9.17, 15) is 13.8 Å². The van der Waals surface area contributed by atoms with Crippen LogP contribution in [0, 0.1) is 0 Å². The van der Waals surface area contributed by atoms with Gasteiger partial charge in [-0.3, -0.25) is 9.00 Å². The second kappa shape index (κ2) is 8.25. The van der Waals surface area contributed by atoms with Crippen LogP contribution in [0.5, 0.6) is 0 Å². The Morgan fingerprint density at radius 1 is 1.08 bits per heavy atom. The minimum Gasteiger partial charge on any atom is -0.479 e. The van der Waals surface area contributed by atoms with Crippen molar-refractivity contribution in [1.82, 2.24) is 0 Å². The van der Waals surface area contributed by atoms with E-state index in [0.29, 0.717) is 24.3 Å². The van der Waals surface area contributed by atoms with Crippen molar-refractivity contribution in [2.75, 3.05) is 5.32 Å². The predicted octanol–water partition coefficient (Wildman–Crippen LogP) is 2.57. The van der Waals surface area contributed by atoms with E-state index in [-0.39, 0.29) is 5.91 Å². The maximum Gasteiger partial charge on any atom is 0.332 e. The number of carboxylic acids is 1. The van der Waals surface area contributed by atoms with Crippen molar-refractivity contribution in [2.24, 2.45) is 0 Å². The fourth-order valence-corrected chi connectivity index (χ4v) is 3.89. The van der Waals surface area contributed by atoms with Crippen molar-refractivity contribution < 1.29 is 23.6 Å². The van der Waals surface area contributed by atoms with Crippen LogP contribution in [0.3, 0.4) is 0 Å². The SMILES string of the molecule is O=C(Nc1cccc(CS(=O)c2ccccc2)c1)[C@@H]1CC[C@H](C(=O)O)O1. The van der Waals surface area contributed by atoms with E-state index < -0.39 is 29.0 Å². The standard InChI is InChI=1S/C19H19NO5S/c21-18(16-9-10-17(25-16)19(22)23)20-14-6-4-5-13(11-14)12-26(24)15-7-2-1-3-8-15/h1-8,11,16-17H,9-10,12H2,(H,20,21)(H,22,23)/t16-,17+,26?/m0/s1. The van der Waals surface area contributed by atoms with Crippen LogP contribution in [0.25, 0.3) is 0 Å².